The monoisotopic (exact) mass is 456 g/mol. The molecule has 2 aromatic carbocycles. The first kappa shape index (κ1) is 18.0. The maximum absolute atomic E-state index is 13.5. The van der Waals surface area contributed by atoms with E-state index in [1.165, 1.54) is 15.2 Å². The van der Waals surface area contributed by atoms with E-state index in [0.717, 1.165) is 12.8 Å². The number of rotatable bonds is 4. The van der Waals surface area contributed by atoms with Crippen LogP contribution in [0.4, 0.5) is 4.39 Å². The van der Waals surface area contributed by atoms with Crippen LogP contribution >= 0.6 is 15.9 Å². The first-order valence-corrected chi connectivity index (χ1v) is 9.84. The molecule has 0 saturated heterocycles. The minimum absolute atomic E-state index is 0.0295. The molecule has 29 heavy (non-hydrogen) atoms. The Morgan fingerprint density at radius 1 is 1.17 bits per heavy atom. The van der Waals surface area contributed by atoms with E-state index in [2.05, 4.69) is 26.1 Å². The molecular weight excluding hydrogens is 443 g/mol. The molecule has 2 aromatic heterocycles. The first-order valence-electron chi connectivity index (χ1n) is 9.05. The van der Waals surface area contributed by atoms with Gasteiger partial charge < -0.3 is 4.52 Å². The highest BCUT2D eigenvalue weighted by molar-refractivity contribution is 9.10. The van der Waals surface area contributed by atoms with E-state index < -0.39 is 5.82 Å². The van der Waals surface area contributed by atoms with Crippen LogP contribution in [0.1, 0.15) is 24.8 Å². The molecule has 1 fully saturated rings. The van der Waals surface area contributed by atoms with Gasteiger partial charge in [0.15, 0.2) is 0 Å². The van der Waals surface area contributed by atoms with Crippen LogP contribution in [0.15, 0.2) is 61.0 Å². The van der Waals surface area contributed by atoms with Crippen molar-refractivity contribution >= 4 is 26.8 Å². The van der Waals surface area contributed by atoms with Crippen molar-refractivity contribution in [2.24, 2.45) is 0 Å². The topological polar surface area (TPSA) is 82.9 Å². The summed E-state index contributed by atoms with van der Waals surface area (Å²) in [4.78, 5) is 30.1. The van der Waals surface area contributed by atoms with Gasteiger partial charge in [-0.25, -0.2) is 9.18 Å². The van der Waals surface area contributed by atoms with Crippen molar-refractivity contribution in [2.45, 2.75) is 25.4 Å². The highest BCUT2D eigenvalue weighted by Crippen LogP contribution is 2.32. The molecule has 146 valence electrons. The van der Waals surface area contributed by atoms with Gasteiger partial charge >= 0.3 is 5.69 Å². The summed E-state index contributed by atoms with van der Waals surface area (Å²) in [6.45, 7) is 0.0295. The van der Waals surface area contributed by atoms with E-state index >= 15 is 0 Å². The lowest BCUT2D eigenvalue weighted by Gasteiger charge is -2.12. The average molecular weight is 457 g/mol. The largest absolute Gasteiger partial charge is 0.337 e. The van der Waals surface area contributed by atoms with Crippen LogP contribution in [-0.2, 0) is 6.54 Å². The second-order valence-corrected chi connectivity index (χ2v) is 7.79. The second-order valence-electron chi connectivity index (χ2n) is 6.93. The lowest BCUT2D eigenvalue weighted by molar-refractivity contribution is 0.369. The van der Waals surface area contributed by atoms with E-state index in [0.29, 0.717) is 20.9 Å². The number of fused-ring (bicyclic) bond motifs is 1. The fourth-order valence-electron chi connectivity index (χ4n) is 3.35. The zero-order chi connectivity index (χ0) is 20.1. The second kappa shape index (κ2) is 6.77. The van der Waals surface area contributed by atoms with Gasteiger partial charge in [0.05, 0.1) is 15.4 Å². The van der Waals surface area contributed by atoms with Crippen molar-refractivity contribution in [1.82, 2.24) is 19.3 Å². The summed E-state index contributed by atoms with van der Waals surface area (Å²) in [5.74, 6) is 0.111. The van der Waals surface area contributed by atoms with Crippen molar-refractivity contribution in [3.05, 3.63) is 79.5 Å². The molecule has 5 rings (SSSR count). The molecule has 1 aliphatic rings. The lowest BCUT2D eigenvalue weighted by atomic mass is 10.2. The molecule has 0 unspecified atom stereocenters. The van der Waals surface area contributed by atoms with Crippen LogP contribution in [0.5, 0.6) is 0 Å². The number of hydrogen-bond donors (Lipinski definition) is 0. The van der Waals surface area contributed by atoms with Crippen LogP contribution in [0.3, 0.4) is 0 Å². The summed E-state index contributed by atoms with van der Waals surface area (Å²) in [5.41, 5.74) is 0.435. The molecule has 2 heterocycles. The molecule has 0 spiro atoms. The van der Waals surface area contributed by atoms with Crippen molar-refractivity contribution in [3.63, 3.8) is 0 Å². The Bertz CT molecular complexity index is 1370. The Hall–Kier alpha value is -3.07. The van der Waals surface area contributed by atoms with E-state index in [1.54, 1.807) is 36.4 Å². The normalized spacial score (nSPS) is 13.9. The van der Waals surface area contributed by atoms with Gasteiger partial charge in [-0.1, -0.05) is 17.3 Å². The highest BCUT2D eigenvalue weighted by Gasteiger charge is 2.29. The maximum Gasteiger partial charge on any atom is 0.332 e. The van der Waals surface area contributed by atoms with Gasteiger partial charge in [-0.05, 0) is 59.1 Å². The number of hydrogen-bond acceptors (Lipinski definition) is 5. The van der Waals surface area contributed by atoms with Crippen molar-refractivity contribution in [2.75, 3.05) is 0 Å². The Balaban J connectivity index is 1.59. The molecule has 9 heteroatoms. The quantitative estimate of drug-likeness (QED) is 0.469. The average Bonchev–Trinajstić information content (AvgIpc) is 3.44. The summed E-state index contributed by atoms with van der Waals surface area (Å²) in [5, 5.41) is 4.41. The summed E-state index contributed by atoms with van der Waals surface area (Å²) in [6, 6.07) is 11.3. The van der Waals surface area contributed by atoms with Gasteiger partial charge in [0, 0.05) is 11.6 Å². The molecule has 7 nitrogen and oxygen atoms in total. The zero-order valence-electron chi connectivity index (χ0n) is 15.0. The predicted molar refractivity (Wildman–Crippen MR) is 107 cm³/mol. The third kappa shape index (κ3) is 3.11. The number of benzene rings is 2. The number of nitrogens with zero attached hydrogens (tertiary/aromatic N) is 4. The van der Waals surface area contributed by atoms with Gasteiger partial charge in [-0.3, -0.25) is 13.9 Å². The van der Waals surface area contributed by atoms with E-state index in [4.69, 9.17) is 4.52 Å². The molecule has 4 aromatic rings. The van der Waals surface area contributed by atoms with Gasteiger partial charge in [0.25, 0.3) is 5.56 Å². The minimum Gasteiger partial charge on any atom is -0.337 e. The third-order valence-corrected chi connectivity index (χ3v) is 5.54. The van der Waals surface area contributed by atoms with Crippen LogP contribution in [0.2, 0.25) is 0 Å². The fourth-order valence-corrected chi connectivity index (χ4v) is 3.73. The SMILES string of the molecule is O=c1c2ccccc2n(Cc2nc(-c3ccc(F)c(Br)c3)no2)c(=O)n1C1CC1. The number of para-hydroxylation sites is 1. The number of aromatic nitrogens is 4. The zero-order valence-corrected chi connectivity index (χ0v) is 16.6. The maximum atomic E-state index is 13.5. The molecule has 0 amide bonds. The fraction of sp³-hybridized carbons (Fsp3) is 0.200. The Morgan fingerprint density at radius 3 is 2.72 bits per heavy atom. The summed E-state index contributed by atoms with van der Waals surface area (Å²) < 4.78 is 21.9. The lowest BCUT2D eigenvalue weighted by Crippen LogP contribution is -2.39. The Morgan fingerprint density at radius 2 is 1.97 bits per heavy atom. The van der Waals surface area contributed by atoms with Gasteiger partial charge in [-0.15, -0.1) is 0 Å². The molecule has 0 bridgehead atoms. The minimum atomic E-state index is -0.391. The summed E-state index contributed by atoms with van der Waals surface area (Å²) in [6.07, 6.45) is 1.63. The molecule has 0 aliphatic heterocycles. The number of halogens is 2. The van der Waals surface area contributed by atoms with Crippen molar-refractivity contribution in [3.8, 4) is 11.4 Å². The van der Waals surface area contributed by atoms with Crippen molar-refractivity contribution < 1.29 is 8.91 Å². The predicted octanol–water partition coefficient (Wildman–Crippen LogP) is 3.50. The Kier molecular flexibility index (Phi) is 4.20. The summed E-state index contributed by atoms with van der Waals surface area (Å²) >= 11 is 3.14. The Labute approximate surface area is 171 Å². The van der Waals surface area contributed by atoms with Gasteiger partial charge in [0.2, 0.25) is 11.7 Å². The first-order chi connectivity index (χ1) is 14.0. The smallest absolute Gasteiger partial charge is 0.332 e. The highest BCUT2D eigenvalue weighted by atomic mass is 79.9. The van der Waals surface area contributed by atoms with Crippen LogP contribution < -0.4 is 11.2 Å². The van der Waals surface area contributed by atoms with Gasteiger partial charge in [-0.2, -0.15) is 4.98 Å². The molecule has 0 radical (unpaired) electrons. The molecule has 1 aliphatic carbocycles. The van der Waals surface area contributed by atoms with Crippen LogP contribution in [0, 0.1) is 5.82 Å². The molecule has 1 saturated carbocycles. The van der Waals surface area contributed by atoms with E-state index in [1.807, 2.05) is 0 Å². The van der Waals surface area contributed by atoms with E-state index in [9.17, 15) is 14.0 Å². The summed E-state index contributed by atoms with van der Waals surface area (Å²) in [7, 11) is 0. The molecule has 0 N–H and O–H groups in total. The van der Waals surface area contributed by atoms with Crippen LogP contribution in [-0.4, -0.2) is 19.3 Å². The van der Waals surface area contributed by atoms with Crippen LogP contribution in [0.25, 0.3) is 22.3 Å². The third-order valence-electron chi connectivity index (χ3n) is 4.93. The molecular formula is C20H14BrFN4O3. The standard InChI is InChI=1S/C20H14BrFN4O3/c21-14-9-11(5-8-15(14)22)18-23-17(29-24-18)10-25-16-4-2-1-3-13(16)19(27)26(20(25)28)12-6-7-12/h1-5,8-9,12H,6-7,10H2. The van der Waals surface area contributed by atoms with Gasteiger partial charge in [0.1, 0.15) is 12.4 Å². The molecule has 0 atom stereocenters. The van der Waals surface area contributed by atoms with E-state index in [-0.39, 0.29) is 35.6 Å². The van der Waals surface area contributed by atoms with Crippen molar-refractivity contribution in [1.29, 1.82) is 0 Å².